The largest absolute Gasteiger partial charge is 0.489 e. The van der Waals surface area contributed by atoms with Crippen molar-refractivity contribution in [2.24, 2.45) is 0 Å². The average molecular weight is 510 g/mol. The van der Waals surface area contributed by atoms with E-state index in [9.17, 15) is 0 Å². The first-order valence-corrected chi connectivity index (χ1v) is 13.5. The molecule has 1 aliphatic carbocycles. The maximum absolute atomic E-state index is 6.25. The highest BCUT2D eigenvalue weighted by atomic mass is 16.5. The molecule has 0 atom stereocenters. The van der Waals surface area contributed by atoms with Gasteiger partial charge in [0.1, 0.15) is 17.0 Å². The molecule has 10 heteroatoms. The summed E-state index contributed by atoms with van der Waals surface area (Å²) in [6, 6.07) is 6.21. The normalized spacial score (nSPS) is 17.4. The lowest BCUT2D eigenvalue weighted by molar-refractivity contribution is 0.154. The van der Waals surface area contributed by atoms with Crippen molar-refractivity contribution < 1.29 is 4.74 Å². The second kappa shape index (κ2) is 9.68. The third-order valence-corrected chi connectivity index (χ3v) is 7.76. The van der Waals surface area contributed by atoms with Crippen LogP contribution in [0.5, 0.6) is 5.75 Å². The van der Waals surface area contributed by atoms with Gasteiger partial charge in [0.2, 0.25) is 0 Å². The molecule has 194 valence electrons. The van der Waals surface area contributed by atoms with E-state index in [-0.39, 0.29) is 6.10 Å². The third-order valence-electron chi connectivity index (χ3n) is 7.76. The number of hydrogen-bond donors (Lipinski definition) is 2. The maximum Gasteiger partial charge on any atom is 0.181 e. The second-order valence-corrected chi connectivity index (χ2v) is 10.4. The van der Waals surface area contributed by atoms with Crippen LogP contribution in [0.15, 0.2) is 43.0 Å². The third kappa shape index (κ3) is 4.34. The number of rotatable bonds is 5. The lowest BCUT2D eigenvalue weighted by Crippen LogP contribution is -2.44. The zero-order valence-electron chi connectivity index (χ0n) is 21.5. The molecule has 7 rings (SSSR count). The Balaban J connectivity index is 1.22. The summed E-state index contributed by atoms with van der Waals surface area (Å²) in [7, 11) is 2.16. The zero-order valence-corrected chi connectivity index (χ0v) is 21.5. The van der Waals surface area contributed by atoms with Crippen molar-refractivity contribution in [3.8, 4) is 28.4 Å². The molecule has 0 radical (unpaired) electrons. The fraction of sp³-hybridized carbons (Fsp3) is 0.393. The molecule has 1 aliphatic heterocycles. The molecule has 5 aromatic heterocycles. The molecule has 0 aromatic carbocycles. The SMILES string of the molecule is CN1CCN(c2ccnc3nc(-c4[nH]nc5ncc(-c6cncc(OC7CCCCC7)c6)cc45)[nH]c23)CC1. The van der Waals surface area contributed by atoms with Gasteiger partial charge in [0.25, 0.3) is 0 Å². The van der Waals surface area contributed by atoms with Gasteiger partial charge in [-0.2, -0.15) is 5.10 Å². The molecule has 6 heterocycles. The molecule has 0 amide bonds. The topological polar surface area (TPSA) is 112 Å². The first kappa shape index (κ1) is 23.1. The number of nitrogens with one attached hydrogen (secondary N) is 2. The molecule has 38 heavy (non-hydrogen) atoms. The summed E-state index contributed by atoms with van der Waals surface area (Å²) in [4.78, 5) is 26.7. The van der Waals surface area contributed by atoms with E-state index in [2.05, 4.69) is 65.2 Å². The second-order valence-electron chi connectivity index (χ2n) is 10.4. The standard InChI is InChI=1S/C28H31N9O/c1-36-9-11-37(12-10-36)23-7-8-30-27-25(23)32-28(33-27)24-22-14-19(16-31-26(22)35-34-24)18-13-21(17-29-15-18)38-20-5-3-2-4-6-20/h7-8,13-17,20H,2-6,9-12H2,1H3,(H,30,32,33)(H,31,34,35). The predicted octanol–water partition coefficient (Wildman–Crippen LogP) is 4.42. The molecule has 0 spiro atoms. The van der Waals surface area contributed by atoms with E-state index in [4.69, 9.17) is 9.72 Å². The minimum Gasteiger partial charge on any atom is -0.489 e. The fourth-order valence-corrected chi connectivity index (χ4v) is 5.58. The molecule has 2 fully saturated rings. The maximum atomic E-state index is 6.25. The molecular formula is C28H31N9O. The van der Waals surface area contributed by atoms with Crippen LogP contribution in [0.3, 0.4) is 0 Å². The van der Waals surface area contributed by atoms with Crippen LogP contribution in [0, 0.1) is 0 Å². The highest BCUT2D eigenvalue weighted by molar-refractivity contribution is 5.95. The monoisotopic (exact) mass is 509 g/mol. The van der Waals surface area contributed by atoms with Crippen LogP contribution in [-0.2, 0) is 0 Å². The van der Waals surface area contributed by atoms with Gasteiger partial charge in [-0.1, -0.05) is 6.42 Å². The molecule has 0 unspecified atom stereocenters. The lowest BCUT2D eigenvalue weighted by atomic mass is 9.98. The molecule has 1 saturated carbocycles. The number of ether oxygens (including phenoxy) is 1. The number of H-pyrrole nitrogens is 2. The molecule has 5 aromatic rings. The summed E-state index contributed by atoms with van der Waals surface area (Å²) < 4.78 is 6.25. The van der Waals surface area contributed by atoms with Crippen molar-refractivity contribution in [1.29, 1.82) is 0 Å². The zero-order chi connectivity index (χ0) is 25.5. The summed E-state index contributed by atoms with van der Waals surface area (Å²) in [5.74, 6) is 1.50. The van der Waals surface area contributed by atoms with Gasteiger partial charge in [0.05, 0.1) is 23.4 Å². The van der Waals surface area contributed by atoms with Crippen molar-refractivity contribution in [2.45, 2.75) is 38.2 Å². The van der Waals surface area contributed by atoms with Gasteiger partial charge in [-0.3, -0.25) is 10.1 Å². The van der Waals surface area contributed by atoms with Gasteiger partial charge in [0.15, 0.2) is 17.1 Å². The van der Waals surface area contributed by atoms with Crippen molar-refractivity contribution >= 4 is 27.9 Å². The summed E-state index contributed by atoms with van der Waals surface area (Å²) in [6.45, 7) is 4.02. The van der Waals surface area contributed by atoms with Crippen LogP contribution in [0.2, 0.25) is 0 Å². The summed E-state index contributed by atoms with van der Waals surface area (Å²) in [5.41, 5.74) is 6.11. The Bertz CT molecular complexity index is 1580. The van der Waals surface area contributed by atoms with E-state index in [1.807, 2.05) is 18.6 Å². The number of hydrogen-bond acceptors (Lipinski definition) is 8. The van der Waals surface area contributed by atoms with Gasteiger partial charge in [-0.05, 0) is 50.9 Å². The van der Waals surface area contributed by atoms with Crippen molar-refractivity contribution in [2.75, 3.05) is 38.1 Å². The Hall–Kier alpha value is -4.05. The van der Waals surface area contributed by atoms with E-state index in [0.29, 0.717) is 17.1 Å². The lowest BCUT2D eigenvalue weighted by Gasteiger charge is -2.34. The van der Waals surface area contributed by atoms with Crippen LogP contribution in [0.1, 0.15) is 32.1 Å². The predicted molar refractivity (Wildman–Crippen MR) is 147 cm³/mol. The molecule has 1 saturated heterocycles. The molecule has 10 nitrogen and oxygen atoms in total. The number of fused-ring (bicyclic) bond motifs is 2. The number of anilines is 1. The summed E-state index contributed by atoms with van der Waals surface area (Å²) in [5, 5.41) is 8.48. The Morgan fingerprint density at radius 3 is 2.63 bits per heavy atom. The van der Waals surface area contributed by atoms with Gasteiger partial charge < -0.3 is 19.5 Å². The fourth-order valence-electron chi connectivity index (χ4n) is 5.58. The van der Waals surface area contributed by atoms with E-state index >= 15 is 0 Å². The van der Waals surface area contributed by atoms with E-state index in [1.54, 1.807) is 6.20 Å². The minimum absolute atomic E-state index is 0.277. The first-order valence-electron chi connectivity index (χ1n) is 13.5. The highest BCUT2D eigenvalue weighted by Crippen LogP contribution is 2.32. The number of piperazine rings is 1. The van der Waals surface area contributed by atoms with E-state index in [0.717, 1.165) is 78.2 Å². The first-order chi connectivity index (χ1) is 18.7. The Kier molecular flexibility index (Phi) is 5.88. The number of likely N-dealkylation sites (N-methyl/N-ethyl adjacent to an activating group) is 1. The van der Waals surface area contributed by atoms with Gasteiger partial charge in [0, 0.05) is 55.9 Å². The van der Waals surface area contributed by atoms with E-state index in [1.165, 1.54) is 19.3 Å². The van der Waals surface area contributed by atoms with Crippen molar-refractivity contribution in [1.82, 2.24) is 40.0 Å². The van der Waals surface area contributed by atoms with Crippen LogP contribution in [0.25, 0.3) is 44.8 Å². The number of aromatic amines is 2. The number of nitrogens with zero attached hydrogens (tertiary/aromatic N) is 7. The highest BCUT2D eigenvalue weighted by Gasteiger charge is 2.21. The quantitative estimate of drug-likeness (QED) is 0.358. The minimum atomic E-state index is 0.277. The van der Waals surface area contributed by atoms with Gasteiger partial charge in [-0.25, -0.2) is 15.0 Å². The smallest absolute Gasteiger partial charge is 0.181 e. The Morgan fingerprint density at radius 1 is 0.921 bits per heavy atom. The Labute approximate surface area is 220 Å². The number of imidazole rings is 1. The van der Waals surface area contributed by atoms with Crippen LogP contribution in [-0.4, -0.2) is 79.3 Å². The van der Waals surface area contributed by atoms with Crippen LogP contribution < -0.4 is 9.64 Å². The van der Waals surface area contributed by atoms with Crippen LogP contribution >= 0.6 is 0 Å². The molecular weight excluding hydrogens is 478 g/mol. The molecule has 0 bridgehead atoms. The molecule has 2 N–H and O–H groups in total. The van der Waals surface area contributed by atoms with E-state index < -0.39 is 0 Å². The number of aromatic nitrogens is 7. The van der Waals surface area contributed by atoms with Crippen molar-refractivity contribution in [3.63, 3.8) is 0 Å². The Morgan fingerprint density at radius 2 is 1.76 bits per heavy atom. The van der Waals surface area contributed by atoms with Crippen molar-refractivity contribution in [3.05, 3.63) is 43.0 Å². The summed E-state index contributed by atoms with van der Waals surface area (Å²) >= 11 is 0. The van der Waals surface area contributed by atoms with Gasteiger partial charge >= 0.3 is 0 Å². The number of pyridine rings is 3. The van der Waals surface area contributed by atoms with Crippen LogP contribution in [0.4, 0.5) is 5.69 Å². The molecule has 2 aliphatic rings. The average Bonchev–Trinajstić information content (AvgIpc) is 3.58. The van der Waals surface area contributed by atoms with Gasteiger partial charge in [-0.15, -0.1) is 0 Å². The summed E-state index contributed by atoms with van der Waals surface area (Å²) in [6.07, 6.45) is 13.6.